The molecule has 40 heavy (non-hydrogen) atoms. The summed E-state index contributed by atoms with van der Waals surface area (Å²) >= 11 is 0. The summed E-state index contributed by atoms with van der Waals surface area (Å²) in [4.78, 5) is 2.61. The second kappa shape index (κ2) is 6.87. The predicted molar refractivity (Wildman–Crippen MR) is 170 cm³/mol. The van der Waals surface area contributed by atoms with E-state index in [1.807, 2.05) is 0 Å². The van der Waals surface area contributed by atoms with Gasteiger partial charge in [0.1, 0.15) is 0 Å². The lowest BCUT2D eigenvalue weighted by Crippen LogP contribution is -2.58. The Morgan fingerprint density at radius 3 is 2.25 bits per heavy atom. The minimum Gasteiger partial charge on any atom is -0.375 e. The molecule has 2 nitrogen and oxygen atoms in total. The van der Waals surface area contributed by atoms with Crippen LogP contribution in [0.15, 0.2) is 115 Å². The van der Waals surface area contributed by atoms with Gasteiger partial charge in [-0.05, 0) is 51.2 Å². The maximum atomic E-state index is 2.65. The minimum absolute atomic E-state index is 0.0965. The third kappa shape index (κ3) is 2.24. The molecule has 4 heterocycles. The second-order valence-electron chi connectivity index (χ2n) is 12.1. The molecule has 0 saturated heterocycles. The van der Waals surface area contributed by atoms with Gasteiger partial charge in [-0.2, -0.15) is 0 Å². The first-order valence-electron chi connectivity index (χ1n) is 14.3. The maximum Gasteiger partial charge on any atom is 0.333 e. The molecule has 6 aromatic carbocycles. The molecule has 0 bridgehead atoms. The summed E-state index contributed by atoms with van der Waals surface area (Å²) in [7, 11) is 0. The topological polar surface area (TPSA) is 8.17 Å². The molecule has 0 N–H and O–H groups in total. The highest BCUT2D eigenvalue weighted by molar-refractivity contribution is 6.90. The fraction of sp³-hybridized carbons (Fsp3) is 0.0811. The summed E-state index contributed by atoms with van der Waals surface area (Å²) in [5, 5.41) is 5.27. The van der Waals surface area contributed by atoms with Crippen LogP contribution in [0.2, 0.25) is 0 Å². The normalized spacial score (nSPS) is 15.3. The van der Waals surface area contributed by atoms with E-state index in [1.165, 1.54) is 82.8 Å². The lowest BCUT2D eigenvalue weighted by Gasteiger charge is -2.48. The fourth-order valence-electron chi connectivity index (χ4n) is 8.28. The van der Waals surface area contributed by atoms with E-state index in [0.29, 0.717) is 0 Å². The van der Waals surface area contributed by atoms with Crippen molar-refractivity contribution in [1.82, 2.24) is 4.48 Å². The van der Waals surface area contributed by atoms with Gasteiger partial charge >= 0.3 is 6.85 Å². The molecule has 0 spiro atoms. The molecule has 0 fully saturated rings. The Morgan fingerprint density at radius 2 is 1.32 bits per heavy atom. The number of hydrogen-bond acceptors (Lipinski definition) is 1. The highest BCUT2D eigenvalue weighted by atomic mass is 15.2. The van der Waals surface area contributed by atoms with Crippen LogP contribution in [0.3, 0.4) is 0 Å². The van der Waals surface area contributed by atoms with Crippen LogP contribution in [-0.2, 0) is 5.41 Å². The summed E-state index contributed by atoms with van der Waals surface area (Å²) in [6.07, 6.45) is 0. The van der Waals surface area contributed by atoms with Gasteiger partial charge in [-0.15, -0.1) is 0 Å². The van der Waals surface area contributed by atoms with Crippen molar-refractivity contribution >= 4 is 67.4 Å². The quantitative estimate of drug-likeness (QED) is 0.189. The third-order valence-electron chi connectivity index (χ3n) is 9.91. The smallest absolute Gasteiger partial charge is 0.333 e. The number of anilines is 3. The first-order chi connectivity index (χ1) is 19.6. The molecular weight excluding hydrogens is 483 g/mol. The highest BCUT2D eigenvalue weighted by Crippen LogP contribution is 2.55. The number of aromatic nitrogens is 1. The average molecular weight is 508 g/mol. The van der Waals surface area contributed by atoms with E-state index in [9.17, 15) is 0 Å². The molecular formula is C37H25BN2. The highest BCUT2D eigenvalue weighted by Gasteiger charge is 2.48. The van der Waals surface area contributed by atoms with Crippen molar-refractivity contribution in [3.8, 4) is 11.1 Å². The largest absolute Gasteiger partial charge is 0.375 e. The monoisotopic (exact) mass is 508 g/mol. The third-order valence-corrected chi connectivity index (χ3v) is 9.91. The molecule has 7 aromatic rings. The van der Waals surface area contributed by atoms with Gasteiger partial charge in [-0.1, -0.05) is 111 Å². The van der Waals surface area contributed by atoms with E-state index in [2.05, 4.69) is 138 Å². The molecule has 0 unspecified atom stereocenters. The molecule has 0 radical (unpaired) electrons. The first kappa shape index (κ1) is 21.1. The van der Waals surface area contributed by atoms with Gasteiger partial charge in [0.05, 0.1) is 11.4 Å². The van der Waals surface area contributed by atoms with E-state index in [4.69, 9.17) is 0 Å². The SMILES string of the molecule is CC1(C)c2ccccc2N2c3c(cccc31)B1c3c(cc4ccccc4c32)-c2cccc3c4ccccc4n1c23. The van der Waals surface area contributed by atoms with Crippen LogP contribution in [0, 0.1) is 0 Å². The zero-order chi connectivity index (χ0) is 26.3. The molecule has 0 aliphatic carbocycles. The molecule has 3 heteroatoms. The van der Waals surface area contributed by atoms with Crippen LogP contribution in [0.25, 0.3) is 43.7 Å². The van der Waals surface area contributed by atoms with Gasteiger partial charge in [-0.3, -0.25) is 0 Å². The van der Waals surface area contributed by atoms with Crippen LogP contribution in [0.1, 0.15) is 25.0 Å². The van der Waals surface area contributed by atoms with E-state index in [0.717, 1.165) is 0 Å². The summed E-state index contributed by atoms with van der Waals surface area (Å²) < 4.78 is 2.65. The minimum atomic E-state index is -0.107. The van der Waals surface area contributed by atoms with Crippen molar-refractivity contribution in [3.63, 3.8) is 0 Å². The van der Waals surface area contributed by atoms with Crippen molar-refractivity contribution in [2.24, 2.45) is 0 Å². The summed E-state index contributed by atoms with van der Waals surface area (Å²) in [6.45, 7) is 4.88. The Bertz CT molecular complexity index is 2270. The summed E-state index contributed by atoms with van der Waals surface area (Å²) in [6, 6.07) is 43.4. The Morgan fingerprint density at radius 1 is 0.600 bits per heavy atom. The Hall–Kier alpha value is -4.76. The Kier molecular flexibility index (Phi) is 3.62. The van der Waals surface area contributed by atoms with Gasteiger partial charge in [0, 0.05) is 43.9 Å². The number of rotatable bonds is 0. The van der Waals surface area contributed by atoms with Gasteiger partial charge in [0.15, 0.2) is 0 Å². The van der Waals surface area contributed by atoms with Crippen LogP contribution in [-0.4, -0.2) is 11.3 Å². The zero-order valence-corrected chi connectivity index (χ0v) is 22.4. The molecule has 0 amide bonds. The van der Waals surface area contributed by atoms with Crippen molar-refractivity contribution in [2.75, 3.05) is 4.90 Å². The van der Waals surface area contributed by atoms with Crippen molar-refractivity contribution in [3.05, 3.63) is 126 Å². The molecule has 1 aromatic heterocycles. The van der Waals surface area contributed by atoms with Gasteiger partial charge in [-0.25, -0.2) is 0 Å². The fourth-order valence-corrected chi connectivity index (χ4v) is 8.28. The van der Waals surface area contributed by atoms with Crippen molar-refractivity contribution in [1.29, 1.82) is 0 Å². The van der Waals surface area contributed by atoms with Crippen LogP contribution in [0.5, 0.6) is 0 Å². The standard InChI is InChI=1S/C37H25BN2/c1-37(2)28-16-6-8-20-32(28)39-35-23-12-4-3-11-22(23)21-27-26-15-9-14-25-24-13-5-7-19-31(24)40(34(25)26)38(33(27)35)30-18-10-17-29(37)36(30)39/h3-21H,1-2H3. The number of benzene rings is 6. The van der Waals surface area contributed by atoms with Crippen LogP contribution in [0.4, 0.5) is 17.1 Å². The molecule has 186 valence electrons. The van der Waals surface area contributed by atoms with Crippen LogP contribution < -0.4 is 15.8 Å². The van der Waals surface area contributed by atoms with E-state index >= 15 is 0 Å². The first-order valence-corrected chi connectivity index (χ1v) is 14.3. The molecule has 3 aliphatic heterocycles. The summed E-state index contributed by atoms with van der Waals surface area (Å²) in [5.41, 5.74) is 14.8. The number of para-hydroxylation sites is 4. The van der Waals surface area contributed by atoms with Gasteiger partial charge < -0.3 is 9.38 Å². The molecule has 3 aliphatic rings. The predicted octanol–water partition coefficient (Wildman–Crippen LogP) is 8.00. The van der Waals surface area contributed by atoms with Gasteiger partial charge in [0.2, 0.25) is 0 Å². The lowest BCUT2D eigenvalue weighted by molar-refractivity contribution is 0.632. The summed E-state index contributed by atoms with van der Waals surface area (Å²) in [5.74, 6) is 0. The number of fused-ring (bicyclic) bond motifs is 11. The lowest BCUT2D eigenvalue weighted by atomic mass is 9.44. The van der Waals surface area contributed by atoms with E-state index in [-0.39, 0.29) is 12.3 Å². The van der Waals surface area contributed by atoms with Crippen LogP contribution >= 0.6 is 0 Å². The number of hydrogen-bond donors (Lipinski definition) is 0. The molecule has 0 saturated carbocycles. The second-order valence-corrected chi connectivity index (χ2v) is 12.1. The van der Waals surface area contributed by atoms with Crippen molar-refractivity contribution in [2.45, 2.75) is 19.3 Å². The van der Waals surface area contributed by atoms with Gasteiger partial charge in [0.25, 0.3) is 0 Å². The Balaban J connectivity index is 1.49. The Labute approximate surface area is 233 Å². The van der Waals surface area contributed by atoms with E-state index in [1.54, 1.807) is 0 Å². The number of nitrogens with zero attached hydrogens (tertiary/aromatic N) is 2. The zero-order valence-electron chi connectivity index (χ0n) is 22.4. The van der Waals surface area contributed by atoms with Crippen molar-refractivity contribution < 1.29 is 0 Å². The molecule has 10 rings (SSSR count). The molecule has 0 atom stereocenters. The van der Waals surface area contributed by atoms with E-state index < -0.39 is 0 Å². The average Bonchev–Trinajstić information content (AvgIpc) is 3.33. The maximum absolute atomic E-state index is 2.65.